The van der Waals surface area contributed by atoms with Gasteiger partial charge in [-0.3, -0.25) is 10.6 Å². The van der Waals surface area contributed by atoms with Crippen LogP contribution in [0, 0.1) is 0 Å². The minimum atomic E-state index is -0.471. The lowest BCUT2D eigenvalue weighted by molar-refractivity contribution is 0.253. The fraction of sp³-hybridized carbons (Fsp3) is 0.444. The number of hydrogen-bond donors (Lipinski definition) is 4. The highest BCUT2D eigenvalue weighted by Gasteiger charge is 2.11. The molecule has 1 aromatic heterocycles. The summed E-state index contributed by atoms with van der Waals surface area (Å²) in [6, 6.07) is -0.941. The minimum absolute atomic E-state index is 0.0319. The summed E-state index contributed by atoms with van der Waals surface area (Å²) >= 11 is 0. The summed E-state index contributed by atoms with van der Waals surface area (Å²) in [5, 5.41) is 9.56. The highest BCUT2D eigenvalue weighted by molar-refractivity contribution is 5.89. The van der Waals surface area contributed by atoms with Gasteiger partial charge in [0.15, 0.2) is 0 Å². The van der Waals surface area contributed by atoms with Crippen molar-refractivity contribution in [2.45, 2.75) is 0 Å². The normalized spacial score (nSPS) is 9.47. The quantitative estimate of drug-likeness (QED) is 0.582. The van der Waals surface area contributed by atoms with E-state index in [0.717, 1.165) is 0 Å². The Morgan fingerprint density at radius 2 is 1.32 bits per heavy atom. The number of aromatic nitrogens is 3. The molecule has 4 N–H and O–H groups in total. The van der Waals surface area contributed by atoms with Gasteiger partial charge in [0.1, 0.15) is 0 Å². The Balaban J connectivity index is 3.03. The van der Waals surface area contributed by atoms with Crippen molar-refractivity contribution in [3.63, 3.8) is 0 Å². The van der Waals surface area contributed by atoms with E-state index in [1.165, 1.54) is 14.1 Å². The summed E-state index contributed by atoms with van der Waals surface area (Å²) in [4.78, 5) is 36.0. The molecule has 1 heterocycles. The zero-order valence-electron chi connectivity index (χ0n) is 11.1. The molecule has 104 valence electrons. The molecule has 1 aromatic rings. The monoisotopic (exact) mass is 268 g/mol. The molecule has 19 heavy (non-hydrogen) atoms. The second kappa shape index (κ2) is 6.33. The Bertz CT molecular complexity index is 439. The van der Waals surface area contributed by atoms with Crippen LogP contribution in [0.4, 0.5) is 27.4 Å². The van der Waals surface area contributed by atoms with Crippen molar-refractivity contribution in [2.75, 3.05) is 43.7 Å². The van der Waals surface area contributed by atoms with Crippen LogP contribution in [0.1, 0.15) is 0 Å². The van der Waals surface area contributed by atoms with Gasteiger partial charge in [-0.1, -0.05) is 0 Å². The molecule has 0 aliphatic carbocycles. The van der Waals surface area contributed by atoms with Crippen LogP contribution in [-0.4, -0.2) is 55.2 Å². The molecule has 0 saturated carbocycles. The number of nitrogens with one attached hydrogen (secondary N) is 4. The molecule has 1 rings (SSSR count). The van der Waals surface area contributed by atoms with E-state index < -0.39 is 12.1 Å². The molecule has 0 aromatic carbocycles. The van der Waals surface area contributed by atoms with Crippen LogP contribution in [0.3, 0.4) is 0 Å². The van der Waals surface area contributed by atoms with Crippen LogP contribution >= 0.6 is 0 Å². The molecule has 0 bridgehead atoms. The van der Waals surface area contributed by atoms with Gasteiger partial charge >= 0.3 is 12.1 Å². The lowest BCUT2D eigenvalue weighted by Crippen LogP contribution is -2.29. The van der Waals surface area contributed by atoms with E-state index in [1.807, 2.05) is 0 Å². The highest BCUT2D eigenvalue weighted by atomic mass is 16.2. The van der Waals surface area contributed by atoms with Crippen molar-refractivity contribution >= 4 is 29.9 Å². The smallest absolute Gasteiger partial charge is 0.321 e. The molecule has 0 radical (unpaired) electrons. The van der Waals surface area contributed by atoms with Gasteiger partial charge in [-0.15, -0.1) is 0 Å². The largest absolute Gasteiger partial charge is 0.347 e. The molecule has 0 aliphatic rings. The molecule has 0 fully saturated rings. The van der Waals surface area contributed by atoms with E-state index in [0.29, 0.717) is 5.95 Å². The Labute approximate surface area is 110 Å². The first-order valence-corrected chi connectivity index (χ1v) is 5.37. The molecular formula is C9H16N8O2. The maximum absolute atomic E-state index is 11.2. The Morgan fingerprint density at radius 1 is 0.895 bits per heavy atom. The highest BCUT2D eigenvalue weighted by Crippen LogP contribution is 2.11. The van der Waals surface area contributed by atoms with Crippen LogP contribution in [-0.2, 0) is 0 Å². The number of nitrogens with zero attached hydrogens (tertiary/aromatic N) is 4. The standard InChI is InChI=1S/C9H16N8O2/c1-10-8(18)15-5-12-6(16-9(19)11-2)14-7(13-5)17(3)4/h1-4H3,(H4,10,11,12,13,14,15,16,18,19). The van der Waals surface area contributed by atoms with E-state index in [1.54, 1.807) is 19.0 Å². The number of hydrogen-bond acceptors (Lipinski definition) is 6. The van der Waals surface area contributed by atoms with Crippen molar-refractivity contribution in [3.05, 3.63) is 0 Å². The van der Waals surface area contributed by atoms with Crippen molar-refractivity contribution in [3.8, 4) is 0 Å². The van der Waals surface area contributed by atoms with Crippen LogP contribution < -0.4 is 26.2 Å². The number of carbonyl (C=O) groups is 2. The van der Waals surface area contributed by atoms with Crippen molar-refractivity contribution in [1.29, 1.82) is 0 Å². The number of anilines is 3. The molecular weight excluding hydrogens is 252 g/mol. The maximum atomic E-state index is 11.2. The molecule has 0 saturated heterocycles. The lowest BCUT2D eigenvalue weighted by Gasteiger charge is -2.13. The number of urea groups is 2. The van der Waals surface area contributed by atoms with Crippen LogP contribution in [0.15, 0.2) is 0 Å². The topological polar surface area (TPSA) is 124 Å². The van der Waals surface area contributed by atoms with Gasteiger partial charge < -0.3 is 15.5 Å². The molecule has 0 atom stereocenters. The second-order valence-electron chi connectivity index (χ2n) is 3.59. The van der Waals surface area contributed by atoms with E-state index in [9.17, 15) is 9.59 Å². The summed E-state index contributed by atoms with van der Waals surface area (Å²) in [6.45, 7) is 0. The third-order valence-corrected chi connectivity index (χ3v) is 1.93. The second-order valence-corrected chi connectivity index (χ2v) is 3.59. The molecule has 4 amide bonds. The van der Waals surface area contributed by atoms with Gasteiger partial charge in [-0.05, 0) is 0 Å². The van der Waals surface area contributed by atoms with E-state index in [-0.39, 0.29) is 11.9 Å². The summed E-state index contributed by atoms with van der Waals surface area (Å²) in [6.07, 6.45) is 0. The minimum Gasteiger partial charge on any atom is -0.347 e. The number of rotatable bonds is 3. The Kier molecular flexibility index (Phi) is 4.80. The van der Waals surface area contributed by atoms with Gasteiger partial charge in [0.2, 0.25) is 17.8 Å². The first-order chi connectivity index (χ1) is 8.96. The first-order valence-electron chi connectivity index (χ1n) is 5.37. The zero-order chi connectivity index (χ0) is 14.4. The van der Waals surface area contributed by atoms with Gasteiger partial charge in [-0.25, -0.2) is 9.59 Å². The molecule has 10 nitrogen and oxygen atoms in total. The zero-order valence-corrected chi connectivity index (χ0v) is 11.1. The third kappa shape index (κ3) is 4.26. The SMILES string of the molecule is CNC(=O)Nc1nc(NC(=O)NC)nc(N(C)C)n1. The third-order valence-electron chi connectivity index (χ3n) is 1.93. The fourth-order valence-electron chi connectivity index (χ4n) is 1.00. The lowest BCUT2D eigenvalue weighted by atomic mass is 10.7. The van der Waals surface area contributed by atoms with Crippen LogP contribution in [0.5, 0.6) is 0 Å². The average molecular weight is 268 g/mol. The molecule has 0 aliphatic heterocycles. The van der Waals surface area contributed by atoms with E-state index in [2.05, 4.69) is 36.2 Å². The predicted octanol–water partition coefficient (Wildman–Crippen LogP) is -0.560. The predicted molar refractivity (Wildman–Crippen MR) is 70.3 cm³/mol. The molecule has 10 heteroatoms. The van der Waals surface area contributed by atoms with Gasteiger partial charge in [-0.2, -0.15) is 15.0 Å². The Morgan fingerprint density at radius 3 is 1.63 bits per heavy atom. The van der Waals surface area contributed by atoms with Crippen LogP contribution in [0.25, 0.3) is 0 Å². The summed E-state index contributed by atoms with van der Waals surface area (Å²) in [7, 11) is 6.38. The van der Waals surface area contributed by atoms with E-state index in [4.69, 9.17) is 0 Å². The first kappa shape index (κ1) is 14.4. The molecule has 0 unspecified atom stereocenters. The number of amides is 4. The Hall–Kier alpha value is -2.65. The summed E-state index contributed by atoms with van der Waals surface area (Å²) < 4.78 is 0. The number of carbonyl (C=O) groups excluding carboxylic acids is 2. The fourth-order valence-corrected chi connectivity index (χ4v) is 1.00. The molecule has 0 spiro atoms. The summed E-state index contributed by atoms with van der Waals surface area (Å²) in [5.41, 5.74) is 0. The van der Waals surface area contributed by atoms with Crippen LogP contribution in [0.2, 0.25) is 0 Å². The van der Waals surface area contributed by atoms with E-state index >= 15 is 0 Å². The van der Waals surface area contributed by atoms with Gasteiger partial charge in [0.25, 0.3) is 0 Å². The van der Waals surface area contributed by atoms with Gasteiger partial charge in [0.05, 0.1) is 0 Å². The van der Waals surface area contributed by atoms with Crippen molar-refractivity contribution in [2.24, 2.45) is 0 Å². The average Bonchev–Trinajstić information content (AvgIpc) is 2.37. The van der Waals surface area contributed by atoms with Crippen molar-refractivity contribution in [1.82, 2.24) is 25.6 Å². The van der Waals surface area contributed by atoms with Gasteiger partial charge in [0, 0.05) is 28.2 Å². The summed E-state index contributed by atoms with van der Waals surface area (Å²) in [5.74, 6) is 0.363. The maximum Gasteiger partial charge on any atom is 0.321 e. The van der Waals surface area contributed by atoms with Crippen molar-refractivity contribution < 1.29 is 9.59 Å².